The highest BCUT2D eigenvalue weighted by atomic mass is 32.3. The number of rotatable bonds is 14. The summed E-state index contributed by atoms with van der Waals surface area (Å²) in [5.74, 6) is 0.596. The van der Waals surface area contributed by atoms with Gasteiger partial charge in [0.15, 0.2) is 0 Å². The Bertz CT molecular complexity index is 283. The van der Waals surface area contributed by atoms with Crippen LogP contribution >= 0.6 is 12.0 Å². The molecular formula is C12H27NO4S2. The number of nitrogens with two attached hydrogens (primary N) is 1. The number of hydrogen-bond donors (Lipinski definition) is 2. The summed E-state index contributed by atoms with van der Waals surface area (Å²) in [7, 11) is -4.28. The molecular weight excluding hydrogens is 286 g/mol. The summed E-state index contributed by atoms with van der Waals surface area (Å²) in [6.07, 6.45) is 12.0. The molecule has 0 saturated carbocycles. The van der Waals surface area contributed by atoms with E-state index in [0.717, 1.165) is 37.8 Å². The van der Waals surface area contributed by atoms with Crippen molar-refractivity contribution in [1.82, 2.24) is 0 Å². The van der Waals surface area contributed by atoms with Crippen molar-refractivity contribution in [3.8, 4) is 0 Å². The van der Waals surface area contributed by atoms with E-state index in [1.807, 2.05) is 0 Å². The lowest BCUT2D eigenvalue weighted by atomic mass is 10.1. The van der Waals surface area contributed by atoms with Crippen molar-refractivity contribution in [2.24, 2.45) is 5.73 Å². The average Bonchev–Trinajstić information content (AvgIpc) is 2.34. The van der Waals surface area contributed by atoms with E-state index in [-0.39, 0.29) is 0 Å². The molecule has 7 heteroatoms. The molecule has 116 valence electrons. The molecule has 0 rings (SSSR count). The summed E-state index contributed by atoms with van der Waals surface area (Å²) >= 11 is 0.792. The van der Waals surface area contributed by atoms with E-state index in [1.165, 1.54) is 44.9 Å². The van der Waals surface area contributed by atoms with E-state index in [4.69, 9.17) is 10.3 Å². The van der Waals surface area contributed by atoms with Crippen LogP contribution in [0.5, 0.6) is 0 Å². The third-order valence-corrected chi connectivity index (χ3v) is 4.34. The minimum Gasteiger partial charge on any atom is -0.330 e. The largest absolute Gasteiger partial charge is 0.408 e. The van der Waals surface area contributed by atoms with Crippen LogP contribution in [0.1, 0.15) is 64.2 Å². The van der Waals surface area contributed by atoms with Crippen LogP contribution in [-0.4, -0.2) is 25.3 Å². The smallest absolute Gasteiger partial charge is 0.330 e. The van der Waals surface area contributed by atoms with E-state index in [2.05, 4.69) is 3.63 Å². The molecule has 0 unspecified atom stereocenters. The minimum atomic E-state index is -4.28. The van der Waals surface area contributed by atoms with Crippen molar-refractivity contribution < 1.29 is 16.6 Å². The third-order valence-electron chi connectivity index (χ3n) is 2.82. The van der Waals surface area contributed by atoms with E-state index in [1.54, 1.807) is 0 Å². The molecule has 0 bridgehead atoms. The van der Waals surface area contributed by atoms with Crippen LogP contribution in [-0.2, 0) is 14.0 Å². The first-order valence-electron chi connectivity index (χ1n) is 7.05. The molecule has 3 N–H and O–H groups in total. The standard InChI is InChI=1S/C12H27NO4S2/c13-11-9-7-5-3-1-2-4-6-8-10-12-18-17-19(14,15)16/h1-13H2,(H,14,15,16). The molecule has 0 fully saturated rings. The summed E-state index contributed by atoms with van der Waals surface area (Å²) in [6.45, 7) is 0.805. The van der Waals surface area contributed by atoms with Gasteiger partial charge in [-0.15, -0.1) is 0 Å². The molecule has 0 aromatic carbocycles. The van der Waals surface area contributed by atoms with Crippen LogP contribution < -0.4 is 5.73 Å². The molecule has 0 saturated heterocycles. The maximum atomic E-state index is 10.2. The predicted octanol–water partition coefficient (Wildman–Crippen LogP) is 3.31. The fraction of sp³-hybridized carbons (Fsp3) is 1.00. The summed E-state index contributed by atoms with van der Waals surface area (Å²) in [5, 5.41) is 0. The van der Waals surface area contributed by atoms with Gasteiger partial charge in [-0.05, 0) is 19.4 Å². The number of unbranched alkanes of at least 4 members (excludes halogenated alkanes) is 9. The van der Waals surface area contributed by atoms with Gasteiger partial charge in [-0.3, -0.25) is 4.55 Å². The molecule has 0 radical (unpaired) electrons. The van der Waals surface area contributed by atoms with Crippen molar-refractivity contribution >= 4 is 22.4 Å². The Morgan fingerprint density at radius 2 is 1.26 bits per heavy atom. The van der Waals surface area contributed by atoms with Gasteiger partial charge in [-0.1, -0.05) is 51.4 Å². The molecule has 0 aliphatic heterocycles. The molecule has 0 heterocycles. The molecule has 0 aliphatic carbocycles. The van der Waals surface area contributed by atoms with E-state index in [9.17, 15) is 8.42 Å². The first-order chi connectivity index (χ1) is 9.06. The highest BCUT2D eigenvalue weighted by molar-refractivity contribution is 8.02. The van der Waals surface area contributed by atoms with Crippen molar-refractivity contribution in [1.29, 1.82) is 0 Å². The zero-order chi connectivity index (χ0) is 14.4. The lowest BCUT2D eigenvalue weighted by molar-refractivity contribution is 0.407. The normalized spacial score (nSPS) is 11.9. The SMILES string of the molecule is NCCCCCCCCCCCCSOS(=O)(=O)O. The Morgan fingerprint density at radius 3 is 1.68 bits per heavy atom. The Hall–Kier alpha value is 0.180. The van der Waals surface area contributed by atoms with Gasteiger partial charge in [-0.25, -0.2) is 0 Å². The highest BCUT2D eigenvalue weighted by Gasteiger charge is 2.03. The van der Waals surface area contributed by atoms with Crippen LogP contribution in [0.15, 0.2) is 0 Å². The second kappa shape index (κ2) is 13.2. The first-order valence-corrected chi connectivity index (χ1v) is 9.32. The Morgan fingerprint density at radius 1 is 0.842 bits per heavy atom. The molecule has 0 atom stereocenters. The van der Waals surface area contributed by atoms with Gasteiger partial charge >= 0.3 is 10.4 Å². The molecule has 0 aromatic rings. The minimum absolute atomic E-state index is 0.596. The molecule has 19 heavy (non-hydrogen) atoms. The first kappa shape index (κ1) is 19.2. The fourth-order valence-electron chi connectivity index (χ4n) is 1.81. The zero-order valence-electron chi connectivity index (χ0n) is 11.6. The summed E-state index contributed by atoms with van der Waals surface area (Å²) in [4.78, 5) is 0. The van der Waals surface area contributed by atoms with Gasteiger partial charge < -0.3 is 5.73 Å². The quantitative estimate of drug-likeness (QED) is 0.290. The fourth-order valence-corrected chi connectivity index (χ4v) is 2.89. The van der Waals surface area contributed by atoms with Gasteiger partial charge in [0.05, 0.1) is 0 Å². The molecule has 0 spiro atoms. The Labute approximate surface area is 121 Å². The van der Waals surface area contributed by atoms with Crippen LogP contribution in [0, 0.1) is 0 Å². The van der Waals surface area contributed by atoms with Gasteiger partial charge in [0, 0.05) is 17.8 Å². The average molecular weight is 313 g/mol. The number of hydrogen-bond acceptors (Lipinski definition) is 5. The van der Waals surface area contributed by atoms with Gasteiger partial charge in [-0.2, -0.15) is 12.0 Å². The van der Waals surface area contributed by atoms with E-state index < -0.39 is 10.4 Å². The zero-order valence-corrected chi connectivity index (χ0v) is 13.2. The second-order valence-corrected chi connectivity index (χ2v) is 6.69. The highest BCUT2D eigenvalue weighted by Crippen LogP contribution is 2.13. The van der Waals surface area contributed by atoms with E-state index >= 15 is 0 Å². The maximum absolute atomic E-state index is 10.2. The summed E-state index contributed by atoms with van der Waals surface area (Å²) in [5.41, 5.74) is 5.42. The lowest BCUT2D eigenvalue weighted by Crippen LogP contribution is -1.97. The van der Waals surface area contributed by atoms with Crippen LogP contribution in [0.4, 0.5) is 0 Å². The van der Waals surface area contributed by atoms with Gasteiger partial charge in [0.1, 0.15) is 0 Å². The van der Waals surface area contributed by atoms with Crippen molar-refractivity contribution in [2.75, 3.05) is 12.3 Å². The molecule has 0 aliphatic rings. The maximum Gasteiger partial charge on any atom is 0.408 e. The Balaban J connectivity index is 3.03. The summed E-state index contributed by atoms with van der Waals surface area (Å²) < 4.78 is 33.0. The van der Waals surface area contributed by atoms with Crippen molar-refractivity contribution in [3.63, 3.8) is 0 Å². The van der Waals surface area contributed by atoms with Gasteiger partial charge in [0.2, 0.25) is 0 Å². The monoisotopic (exact) mass is 313 g/mol. The van der Waals surface area contributed by atoms with E-state index in [0.29, 0.717) is 5.75 Å². The third kappa shape index (κ3) is 18.2. The Kier molecular flexibility index (Phi) is 13.3. The molecule has 0 amide bonds. The topological polar surface area (TPSA) is 89.6 Å². The van der Waals surface area contributed by atoms with Crippen molar-refractivity contribution in [3.05, 3.63) is 0 Å². The van der Waals surface area contributed by atoms with Crippen LogP contribution in [0.25, 0.3) is 0 Å². The van der Waals surface area contributed by atoms with Crippen LogP contribution in [0.2, 0.25) is 0 Å². The van der Waals surface area contributed by atoms with Crippen LogP contribution in [0.3, 0.4) is 0 Å². The molecule has 5 nitrogen and oxygen atoms in total. The summed E-state index contributed by atoms with van der Waals surface area (Å²) in [6, 6.07) is 0. The molecule has 0 aromatic heterocycles. The second-order valence-electron chi connectivity index (χ2n) is 4.64. The lowest BCUT2D eigenvalue weighted by Gasteiger charge is -2.02. The predicted molar refractivity (Wildman–Crippen MR) is 80.3 cm³/mol. The van der Waals surface area contributed by atoms with Gasteiger partial charge in [0.25, 0.3) is 0 Å². The van der Waals surface area contributed by atoms with Crippen molar-refractivity contribution in [2.45, 2.75) is 64.2 Å².